The minimum atomic E-state index is -0.287. The van der Waals surface area contributed by atoms with Gasteiger partial charge in [0.05, 0.1) is 6.61 Å². The van der Waals surface area contributed by atoms with E-state index < -0.39 is 0 Å². The zero-order valence-electron chi connectivity index (χ0n) is 13.8. The van der Waals surface area contributed by atoms with Crippen molar-refractivity contribution in [2.45, 2.75) is 64.7 Å². The second kappa shape index (κ2) is 12.0. The van der Waals surface area contributed by atoms with Gasteiger partial charge in [0.2, 0.25) is 0 Å². The maximum Gasteiger partial charge on any atom is 0.265 e. The van der Waals surface area contributed by atoms with Crippen LogP contribution in [0, 0.1) is 0 Å². The number of nitrogen functional groups attached to an aromatic ring is 1. The van der Waals surface area contributed by atoms with Crippen LogP contribution in [0.3, 0.4) is 0 Å². The average Bonchev–Trinajstić information content (AvgIpc) is 2.56. The number of hydrogen-bond acceptors (Lipinski definition) is 3. The molecule has 0 unspecified atom stereocenters. The quantitative estimate of drug-likeness (QED) is 0.263. The summed E-state index contributed by atoms with van der Waals surface area (Å²) < 4.78 is 5.67. The molecule has 0 saturated carbocycles. The van der Waals surface area contributed by atoms with Gasteiger partial charge in [0.25, 0.3) is 5.91 Å². The lowest BCUT2D eigenvalue weighted by Crippen LogP contribution is -2.29. The van der Waals surface area contributed by atoms with Gasteiger partial charge < -0.3 is 4.74 Å². The van der Waals surface area contributed by atoms with E-state index in [4.69, 9.17) is 10.6 Å². The van der Waals surface area contributed by atoms with Gasteiger partial charge in [-0.2, -0.15) is 0 Å². The van der Waals surface area contributed by atoms with Crippen molar-refractivity contribution in [1.82, 2.24) is 5.43 Å². The molecule has 0 aromatic heterocycles. The minimum Gasteiger partial charge on any atom is -0.494 e. The number of nitrogens with one attached hydrogen (secondary N) is 1. The van der Waals surface area contributed by atoms with E-state index in [0.29, 0.717) is 5.56 Å². The lowest BCUT2D eigenvalue weighted by molar-refractivity contribution is 0.0953. The first-order chi connectivity index (χ1) is 10.8. The predicted octanol–water partition coefficient (Wildman–Crippen LogP) is 4.20. The molecule has 0 atom stereocenters. The van der Waals surface area contributed by atoms with E-state index in [1.807, 2.05) is 0 Å². The van der Waals surface area contributed by atoms with Gasteiger partial charge in [-0.15, -0.1) is 0 Å². The molecule has 22 heavy (non-hydrogen) atoms. The Balaban J connectivity index is 2.01. The van der Waals surface area contributed by atoms with Gasteiger partial charge in [0.15, 0.2) is 0 Å². The third-order valence-corrected chi connectivity index (χ3v) is 3.76. The molecule has 1 amide bonds. The van der Waals surface area contributed by atoms with Crippen LogP contribution in [0.1, 0.15) is 75.1 Å². The largest absolute Gasteiger partial charge is 0.494 e. The zero-order chi connectivity index (χ0) is 16.0. The molecule has 1 aromatic rings. The summed E-state index contributed by atoms with van der Waals surface area (Å²) in [5, 5.41) is 0. The molecule has 0 aliphatic rings. The first-order valence-electron chi connectivity index (χ1n) is 8.51. The van der Waals surface area contributed by atoms with Crippen LogP contribution in [-0.2, 0) is 0 Å². The number of carbonyl (C=O) groups is 1. The number of nitrogens with two attached hydrogens (primary N) is 1. The summed E-state index contributed by atoms with van der Waals surface area (Å²) in [4.78, 5) is 11.3. The van der Waals surface area contributed by atoms with Crippen molar-refractivity contribution in [3.63, 3.8) is 0 Å². The standard InChI is InChI=1S/C18H30N2O2/c1-2-3-4-5-6-7-8-9-10-15-22-17-13-11-16(12-14-17)18(21)20-19/h11-14H,2-10,15,19H2,1H3,(H,20,21). The monoisotopic (exact) mass is 306 g/mol. The van der Waals surface area contributed by atoms with Gasteiger partial charge >= 0.3 is 0 Å². The first-order valence-corrected chi connectivity index (χ1v) is 8.51. The van der Waals surface area contributed by atoms with Crippen molar-refractivity contribution in [2.75, 3.05) is 6.61 Å². The van der Waals surface area contributed by atoms with Gasteiger partial charge in [-0.3, -0.25) is 10.2 Å². The van der Waals surface area contributed by atoms with Crippen molar-refractivity contribution in [2.24, 2.45) is 5.84 Å². The highest BCUT2D eigenvalue weighted by Gasteiger charge is 2.02. The Morgan fingerprint density at radius 1 is 0.955 bits per heavy atom. The Bertz CT molecular complexity index is 404. The Hall–Kier alpha value is -1.55. The molecule has 4 nitrogen and oxygen atoms in total. The Labute approximate surface area is 134 Å². The van der Waals surface area contributed by atoms with Crippen LogP contribution < -0.4 is 16.0 Å². The van der Waals surface area contributed by atoms with E-state index in [1.54, 1.807) is 24.3 Å². The van der Waals surface area contributed by atoms with Crippen LogP contribution >= 0.6 is 0 Å². The van der Waals surface area contributed by atoms with E-state index >= 15 is 0 Å². The van der Waals surface area contributed by atoms with E-state index in [2.05, 4.69) is 12.3 Å². The molecule has 0 aliphatic carbocycles. The number of amides is 1. The lowest BCUT2D eigenvalue weighted by atomic mass is 10.1. The van der Waals surface area contributed by atoms with E-state index in [9.17, 15) is 4.79 Å². The molecule has 0 heterocycles. The number of unbranched alkanes of at least 4 members (excludes halogenated alkanes) is 8. The molecule has 0 aliphatic heterocycles. The molecule has 0 bridgehead atoms. The van der Waals surface area contributed by atoms with Crippen molar-refractivity contribution < 1.29 is 9.53 Å². The van der Waals surface area contributed by atoms with Crippen molar-refractivity contribution in [1.29, 1.82) is 0 Å². The van der Waals surface area contributed by atoms with Gasteiger partial charge in [0, 0.05) is 5.56 Å². The van der Waals surface area contributed by atoms with Crippen LogP contribution in [0.5, 0.6) is 5.75 Å². The number of hydrogen-bond donors (Lipinski definition) is 2. The predicted molar refractivity (Wildman–Crippen MR) is 90.8 cm³/mol. The summed E-state index contributed by atoms with van der Waals surface area (Å²) in [5.41, 5.74) is 2.65. The molecule has 1 aromatic carbocycles. The van der Waals surface area contributed by atoms with Crippen LogP contribution in [0.15, 0.2) is 24.3 Å². The fraction of sp³-hybridized carbons (Fsp3) is 0.611. The lowest BCUT2D eigenvalue weighted by Gasteiger charge is -2.07. The van der Waals surface area contributed by atoms with Crippen LogP contribution in [0.2, 0.25) is 0 Å². The summed E-state index contributed by atoms with van der Waals surface area (Å²) in [6.07, 6.45) is 11.8. The highest BCUT2D eigenvalue weighted by molar-refractivity contribution is 5.93. The molecule has 1 rings (SSSR count). The van der Waals surface area contributed by atoms with Crippen molar-refractivity contribution in [3.8, 4) is 5.75 Å². The summed E-state index contributed by atoms with van der Waals surface area (Å²) in [6.45, 7) is 2.98. The number of rotatable bonds is 12. The van der Waals surface area contributed by atoms with E-state index in [0.717, 1.165) is 18.8 Å². The SMILES string of the molecule is CCCCCCCCCCCOc1ccc(C(=O)NN)cc1. The maximum absolute atomic E-state index is 11.3. The normalized spacial score (nSPS) is 10.5. The second-order valence-electron chi connectivity index (χ2n) is 5.67. The molecule has 0 fully saturated rings. The summed E-state index contributed by atoms with van der Waals surface area (Å²) in [7, 11) is 0. The molecule has 0 spiro atoms. The Morgan fingerprint density at radius 2 is 1.50 bits per heavy atom. The summed E-state index contributed by atoms with van der Waals surface area (Å²) in [6, 6.07) is 7.04. The van der Waals surface area contributed by atoms with E-state index in [1.165, 1.54) is 51.4 Å². The molecule has 124 valence electrons. The number of hydrazine groups is 1. The van der Waals surface area contributed by atoms with Crippen LogP contribution in [-0.4, -0.2) is 12.5 Å². The average molecular weight is 306 g/mol. The second-order valence-corrected chi connectivity index (χ2v) is 5.67. The van der Waals surface area contributed by atoms with Gasteiger partial charge in [-0.05, 0) is 30.7 Å². The summed E-state index contributed by atoms with van der Waals surface area (Å²) >= 11 is 0. The van der Waals surface area contributed by atoms with Crippen molar-refractivity contribution >= 4 is 5.91 Å². The molecular weight excluding hydrogens is 276 g/mol. The Kier molecular flexibility index (Phi) is 10.1. The topological polar surface area (TPSA) is 64.3 Å². The molecule has 3 N–H and O–H groups in total. The molecular formula is C18H30N2O2. The Morgan fingerprint density at radius 3 is 2.05 bits per heavy atom. The van der Waals surface area contributed by atoms with Gasteiger partial charge in [-0.1, -0.05) is 58.3 Å². The highest BCUT2D eigenvalue weighted by Crippen LogP contribution is 2.14. The number of carbonyl (C=O) groups excluding carboxylic acids is 1. The number of benzene rings is 1. The minimum absolute atomic E-state index is 0.287. The molecule has 0 saturated heterocycles. The smallest absolute Gasteiger partial charge is 0.265 e. The van der Waals surface area contributed by atoms with Crippen molar-refractivity contribution in [3.05, 3.63) is 29.8 Å². The third-order valence-electron chi connectivity index (χ3n) is 3.76. The van der Waals surface area contributed by atoms with Crippen LogP contribution in [0.25, 0.3) is 0 Å². The zero-order valence-corrected chi connectivity index (χ0v) is 13.8. The maximum atomic E-state index is 11.3. The highest BCUT2D eigenvalue weighted by atomic mass is 16.5. The van der Waals surface area contributed by atoms with E-state index in [-0.39, 0.29) is 5.91 Å². The van der Waals surface area contributed by atoms with Gasteiger partial charge in [0.1, 0.15) is 5.75 Å². The third kappa shape index (κ3) is 8.03. The molecule has 4 heteroatoms. The fourth-order valence-electron chi connectivity index (χ4n) is 2.39. The summed E-state index contributed by atoms with van der Waals surface area (Å²) in [5.74, 6) is 5.60. The van der Waals surface area contributed by atoms with Gasteiger partial charge in [-0.25, -0.2) is 5.84 Å². The fourth-order valence-corrected chi connectivity index (χ4v) is 2.39. The first kappa shape index (κ1) is 18.5. The molecule has 0 radical (unpaired) electrons. The number of ether oxygens (including phenoxy) is 1. The van der Waals surface area contributed by atoms with Crippen LogP contribution in [0.4, 0.5) is 0 Å².